The average molecular weight is 347 g/mol. The molecule has 5 rings (SSSR count). The fraction of sp³-hybridized carbons (Fsp3) is 0.905. The maximum atomic E-state index is 12.3. The highest BCUT2D eigenvalue weighted by Crippen LogP contribution is 2.61. The van der Waals surface area contributed by atoms with Gasteiger partial charge in [0.1, 0.15) is 0 Å². The molecular weight excluding hydrogens is 314 g/mol. The maximum absolute atomic E-state index is 12.3. The summed E-state index contributed by atoms with van der Waals surface area (Å²) in [5, 5.41) is 3.17. The molecule has 4 bridgehead atoms. The molecule has 5 aliphatic rings. The van der Waals surface area contributed by atoms with E-state index in [9.17, 15) is 9.59 Å². The van der Waals surface area contributed by atoms with Crippen molar-refractivity contribution in [3.8, 4) is 0 Å². The van der Waals surface area contributed by atoms with E-state index in [1.165, 1.54) is 51.4 Å². The molecule has 4 heteroatoms. The summed E-state index contributed by atoms with van der Waals surface area (Å²) in [7, 11) is 0. The first-order chi connectivity index (χ1) is 12.0. The summed E-state index contributed by atoms with van der Waals surface area (Å²) in [5.41, 5.74) is 0.304. The van der Waals surface area contributed by atoms with Crippen LogP contribution in [-0.4, -0.2) is 24.5 Å². The Morgan fingerprint density at radius 2 is 1.60 bits per heavy atom. The Bertz CT molecular complexity index is 488. The second-order valence-electron chi connectivity index (χ2n) is 9.58. The summed E-state index contributed by atoms with van der Waals surface area (Å²) in [5.74, 6) is 2.80. The topological polar surface area (TPSA) is 55.4 Å². The van der Waals surface area contributed by atoms with Crippen molar-refractivity contribution >= 4 is 11.9 Å². The number of ether oxygens (including phenoxy) is 1. The van der Waals surface area contributed by atoms with Gasteiger partial charge < -0.3 is 10.1 Å². The van der Waals surface area contributed by atoms with Crippen molar-refractivity contribution in [2.45, 2.75) is 83.6 Å². The van der Waals surface area contributed by atoms with E-state index in [2.05, 4.69) is 12.2 Å². The molecule has 0 aromatic carbocycles. The van der Waals surface area contributed by atoms with Crippen molar-refractivity contribution in [3.63, 3.8) is 0 Å². The molecule has 0 aliphatic heterocycles. The third-order valence-electron chi connectivity index (χ3n) is 7.68. The van der Waals surface area contributed by atoms with Crippen molar-refractivity contribution < 1.29 is 14.3 Å². The monoisotopic (exact) mass is 347 g/mol. The number of esters is 1. The summed E-state index contributed by atoms with van der Waals surface area (Å²) in [6.07, 6.45) is 13.3. The van der Waals surface area contributed by atoms with Gasteiger partial charge in [-0.25, -0.2) is 0 Å². The minimum atomic E-state index is -0.204. The predicted molar refractivity (Wildman–Crippen MR) is 95.7 cm³/mol. The molecular formula is C21H33NO3. The standard InChI is InChI=1S/C21H33NO3/c1-14(21-10-16-6-17(11-21)8-18(7-16)12-21)22-19(23)13-25-20(24)9-15-4-2-3-5-15/h14-18H,2-13H2,1H3,(H,22,23)/t14-,16?,17?,18?,21?/m1/s1. The Morgan fingerprint density at radius 1 is 1.04 bits per heavy atom. The molecule has 1 N–H and O–H groups in total. The van der Waals surface area contributed by atoms with Crippen molar-refractivity contribution in [1.29, 1.82) is 0 Å². The van der Waals surface area contributed by atoms with E-state index in [-0.39, 0.29) is 24.5 Å². The molecule has 0 radical (unpaired) electrons. The zero-order valence-electron chi connectivity index (χ0n) is 15.6. The summed E-state index contributed by atoms with van der Waals surface area (Å²) < 4.78 is 5.23. The molecule has 0 heterocycles. The Labute approximate surface area is 151 Å². The first kappa shape index (κ1) is 17.4. The Kier molecular flexibility index (Phi) is 4.81. The van der Waals surface area contributed by atoms with Crippen molar-refractivity contribution in [2.24, 2.45) is 29.1 Å². The van der Waals surface area contributed by atoms with Gasteiger partial charge in [0, 0.05) is 12.5 Å². The molecule has 0 aromatic heterocycles. The van der Waals surface area contributed by atoms with E-state index < -0.39 is 0 Å². The Balaban J connectivity index is 1.24. The second-order valence-corrected chi connectivity index (χ2v) is 9.58. The SMILES string of the molecule is C[C@@H](NC(=O)COC(=O)CC1CCCC1)C12CC3CC(CC(C3)C1)C2. The lowest BCUT2D eigenvalue weighted by molar-refractivity contribution is -0.150. The zero-order chi connectivity index (χ0) is 17.4. The molecule has 0 saturated heterocycles. The van der Waals surface area contributed by atoms with Gasteiger partial charge in [0.05, 0.1) is 0 Å². The number of hydrogen-bond donors (Lipinski definition) is 1. The van der Waals surface area contributed by atoms with Crippen molar-refractivity contribution in [2.75, 3.05) is 6.61 Å². The Morgan fingerprint density at radius 3 is 2.16 bits per heavy atom. The number of amides is 1. The normalized spacial score (nSPS) is 37.9. The van der Waals surface area contributed by atoms with Crippen LogP contribution in [0.1, 0.15) is 77.6 Å². The second kappa shape index (κ2) is 6.92. The minimum Gasteiger partial charge on any atom is -0.456 e. The van der Waals surface area contributed by atoms with Crippen molar-refractivity contribution in [3.05, 3.63) is 0 Å². The first-order valence-corrected chi connectivity index (χ1v) is 10.5. The summed E-state index contributed by atoms with van der Waals surface area (Å²) in [4.78, 5) is 24.2. The van der Waals surface area contributed by atoms with Gasteiger partial charge in [0.25, 0.3) is 5.91 Å². The molecule has 4 nitrogen and oxygen atoms in total. The van der Waals surface area contributed by atoms with Crippen LogP contribution in [0.15, 0.2) is 0 Å². The molecule has 1 atom stereocenters. The molecule has 0 unspecified atom stereocenters. The molecule has 0 spiro atoms. The maximum Gasteiger partial charge on any atom is 0.306 e. The van der Waals surface area contributed by atoms with Crippen LogP contribution < -0.4 is 5.32 Å². The summed E-state index contributed by atoms with van der Waals surface area (Å²) >= 11 is 0. The van der Waals surface area contributed by atoms with Gasteiger partial charge >= 0.3 is 5.97 Å². The lowest BCUT2D eigenvalue weighted by Crippen LogP contribution is -2.56. The number of carbonyl (C=O) groups is 2. The highest BCUT2D eigenvalue weighted by molar-refractivity contribution is 5.80. The van der Waals surface area contributed by atoms with Crippen LogP contribution in [0, 0.1) is 29.1 Å². The quantitative estimate of drug-likeness (QED) is 0.743. The number of rotatable bonds is 6. The van der Waals surface area contributed by atoms with Gasteiger partial charge in [-0.3, -0.25) is 9.59 Å². The molecule has 5 aliphatic carbocycles. The smallest absolute Gasteiger partial charge is 0.306 e. The van der Waals surface area contributed by atoms with Gasteiger partial charge in [-0.2, -0.15) is 0 Å². The van der Waals surface area contributed by atoms with Crippen LogP contribution in [0.4, 0.5) is 0 Å². The predicted octanol–water partition coefficient (Wildman–Crippen LogP) is 3.83. The van der Waals surface area contributed by atoms with Gasteiger partial charge in [-0.15, -0.1) is 0 Å². The van der Waals surface area contributed by atoms with Crippen LogP contribution in [0.3, 0.4) is 0 Å². The molecule has 5 saturated carbocycles. The van der Waals surface area contributed by atoms with Gasteiger partial charge in [0.2, 0.25) is 0 Å². The molecule has 0 aromatic rings. The molecule has 25 heavy (non-hydrogen) atoms. The third kappa shape index (κ3) is 3.73. The highest BCUT2D eigenvalue weighted by Gasteiger charge is 2.53. The number of nitrogens with one attached hydrogen (secondary N) is 1. The summed E-state index contributed by atoms with van der Waals surface area (Å²) in [6.45, 7) is 2.06. The van der Waals surface area contributed by atoms with Gasteiger partial charge in [0.15, 0.2) is 6.61 Å². The van der Waals surface area contributed by atoms with E-state index >= 15 is 0 Å². The van der Waals surface area contributed by atoms with Crippen LogP contribution in [0.2, 0.25) is 0 Å². The Hall–Kier alpha value is -1.06. The van der Waals surface area contributed by atoms with Crippen LogP contribution in [-0.2, 0) is 14.3 Å². The highest BCUT2D eigenvalue weighted by atomic mass is 16.5. The summed E-state index contributed by atoms with van der Waals surface area (Å²) in [6, 6.07) is 0.196. The fourth-order valence-electron chi connectivity index (χ4n) is 6.80. The molecule has 140 valence electrons. The van der Waals surface area contributed by atoms with E-state index in [0.29, 0.717) is 17.8 Å². The fourth-order valence-corrected chi connectivity index (χ4v) is 6.80. The number of carbonyl (C=O) groups excluding carboxylic acids is 2. The van der Waals surface area contributed by atoms with E-state index in [0.717, 1.165) is 30.6 Å². The van der Waals surface area contributed by atoms with Crippen LogP contribution in [0.25, 0.3) is 0 Å². The van der Waals surface area contributed by atoms with Gasteiger partial charge in [-0.1, -0.05) is 12.8 Å². The number of hydrogen-bond acceptors (Lipinski definition) is 3. The largest absolute Gasteiger partial charge is 0.456 e. The van der Waals surface area contributed by atoms with Crippen LogP contribution >= 0.6 is 0 Å². The van der Waals surface area contributed by atoms with Crippen LogP contribution in [0.5, 0.6) is 0 Å². The van der Waals surface area contributed by atoms with E-state index in [1.54, 1.807) is 0 Å². The average Bonchev–Trinajstić information content (AvgIpc) is 3.04. The minimum absolute atomic E-state index is 0.109. The van der Waals surface area contributed by atoms with E-state index in [1.807, 2.05) is 0 Å². The lowest BCUT2D eigenvalue weighted by Gasteiger charge is -2.59. The third-order valence-corrected chi connectivity index (χ3v) is 7.68. The van der Waals surface area contributed by atoms with Gasteiger partial charge in [-0.05, 0) is 87.4 Å². The lowest BCUT2D eigenvalue weighted by atomic mass is 9.48. The molecule has 5 fully saturated rings. The zero-order valence-corrected chi connectivity index (χ0v) is 15.6. The van der Waals surface area contributed by atoms with E-state index in [4.69, 9.17) is 4.74 Å². The van der Waals surface area contributed by atoms with Crippen molar-refractivity contribution in [1.82, 2.24) is 5.32 Å². The molecule has 1 amide bonds. The first-order valence-electron chi connectivity index (χ1n) is 10.5.